The van der Waals surface area contributed by atoms with Crippen LogP contribution in [0, 0.1) is 0 Å². The first-order valence-electron chi connectivity index (χ1n) is 8.39. The van der Waals surface area contributed by atoms with Crippen LogP contribution >= 0.6 is 0 Å². The van der Waals surface area contributed by atoms with Gasteiger partial charge in [0.2, 0.25) is 5.91 Å². The topological polar surface area (TPSA) is 64.6 Å². The molecule has 1 atom stereocenters. The number of methoxy groups -OCH3 is 2. The molecule has 0 saturated carbocycles. The van der Waals surface area contributed by atoms with Crippen LogP contribution in [-0.2, 0) is 33.3 Å². The first kappa shape index (κ1) is 21.3. The molecule has 0 aromatic heterocycles. The average Bonchev–Trinajstić information content (AvgIpc) is 2.66. The van der Waals surface area contributed by atoms with Crippen LogP contribution in [0.5, 0.6) is 5.75 Å². The summed E-state index contributed by atoms with van der Waals surface area (Å²) in [6.45, 7) is 0. The van der Waals surface area contributed by atoms with Gasteiger partial charge in [-0.2, -0.15) is 13.2 Å². The molecule has 0 heterocycles. The van der Waals surface area contributed by atoms with Crippen molar-refractivity contribution in [1.29, 1.82) is 0 Å². The van der Waals surface area contributed by atoms with E-state index < -0.39 is 29.7 Å². The molecule has 0 radical (unpaired) electrons. The van der Waals surface area contributed by atoms with Gasteiger partial charge >= 0.3 is 12.1 Å². The highest BCUT2D eigenvalue weighted by atomic mass is 19.4. The van der Waals surface area contributed by atoms with Crippen molar-refractivity contribution in [2.45, 2.75) is 25.1 Å². The summed E-state index contributed by atoms with van der Waals surface area (Å²) in [5, 5.41) is 2.57. The van der Waals surface area contributed by atoms with Gasteiger partial charge < -0.3 is 14.8 Å². The van der Waals surface area contributed by atoms with E-state index in [9.17, 15) is 22.8 Å². The van der Waals surface area contributed by atoms with E-state index in [1.807, 2.05) is 0 Å². The van der Waals surface area contributed by atoms with E-state index in [1.54, 1.807) is 24.3 Å². The average molecular weight is 395 g/mol. The number of hydrogen-bond donors (Lipinski definition) is 1. The highest BCUT2D eigenvalue weighted by Gasteiger charge is 2.30. The number of esters is 1. The van der Waals surface area contributed by atoms with Gasteiger partial charge in [-0.1, -0.05) is 24.3 Å². The number of nitrogens with one attached hydrogen (secondary N) is 1. The molecule has 150 valence electrons. The fourth-order valence-electron chi connectivity index (χ4n) is 2.61. The molecule has 0 fully saturated rings. The molecule has 0 aliphatic heterocycles. The van der Waals surface area contributed by atoms with Gasteiger partial charge in [0.1, 0.15) is 11.8 Å². The van der Waals surface area contributed by atoms with Gasteiger partial charge in [0.15, 0.2) is 0 Å². The molecular weight excluding hydrogens is 375 g/mol. The summed E-state index contributed by atoms with van der Waals surface area (Å²) in [6.07, 6.45) is -4.42. The molecule has 1 N–H and O–H groups in total. The van der Waals surface area contributed by atoms with Gasteiger partial charge in [-0.05, 0) is 35.4 Å². The first-order valence-corrected chi connectivity index (χ1v) is 8.39. The predicted octanol–water partition coefficient (Wildman–Crippen LogP) is 3.16. The number of ether oxygens (including phenoxy) is 2. The Morgan fingerprint density at radius 2 is 1.71 bits per heavy atom. The molecule has 2 aromatic rings. The largest absolute Gasteiger partial charge is 0.497 e. The molecule has 2 aromatic carbocycles. The Kier molecular flexibility index (Phi) is 7.03. The lowest BCUT2D eigenvalue weighted by Crippen LogP contribution is -2.43. The standard InChI is InChI=1S/C20H20F3NO4/c1-27-16-5-3-4-14(10-16)11-17(19(26)28-2)24-18(25)12-13-6-8-15(9-7-13)20(21,22)23/h3-10,17H,11-12H2,1-2H3,(H,24,25)/t17-/m1/s1. The van der Waals surface area contributed by atoms with Gasteiger partial charge in [0.25, 0.3) is 0 Å². The number of carbonyl (C=O) groups excluding carboxylic acids is 2. The van der Waals surface area contributed by atoms with Crippen molar-refractivity contribution in [3.8, 4) is 5.75 Å². The zero-order chi connectivity index (χ0) is 20.7. The number of hydrogen-bond acceptors (Lipinski definition) is 4. The highest BCUT2D eigenvalue weighted by molar-refractivity contribution is 5.85. The van der Waals surface area contributed by atoms with Gasteiger partial charge in [0, 0.05) is 6.42 Å². The first-order chi connectivity index (χ1) is 13.2. The molecule has 0 bridgehead atoms. The smallest absolute Gasteiger partial charge is 0.416 e. The molecule has 0 unspecified atom stereocenters. The Morgan fingerprint density at radius 3 is 2.29 bits per heavy atom. The van der Waals surface area contributed by atoms with Crippen molar-refractivity contribution in [1.82, 2.24) is 5.32 Å². The zero-order valence-electron chi connectivity index (χ0n) is 15.4. The lowest BCUT2D eigenvalue weighted by molar-refractivity contribution is -0.145. The second-order valence-corrected chi connectivity index (χ2v) is 6.07. The fraction of sp³-hybridized carbons (Fsp3) is 0.300. The summed E-state index contributed by atoms with van der Waals surface area (Å²) in [7, 11) is 2.73. The summed E-state index contributed by atoms with van der Waals surface area (Å²) in [5.41, 5.74) is 0.363. The summed E-state index contributed by atoms with van der Waals surface area (Å²) in [5.74, 6) is -0.515. The fourth-order valence-corrected chi connectivity index (χ4v) is 2.61. The summed E-state index contributed by atoms with van der Waals surface area (Å²) in [4.78, 5) is 24.3. The van der Waals surface area contributed by atoms with Crippen molar-refractivity contribution in [2.75, 3.05) is 14.2 Å². The minimum absolute atomic E-state index is 0.163. The van der Waals surface area contributed by atoms with E-state index in [0.29, 0.717) is 11.3 Å². The lowest BCUT2D eigenvalue weighted by atomic mass is 10.0. The van der Waals surface area contributed by atoms with Crippen molar-refractivity contribution >= 4 is 11.9 Å². The van der Waals surface area contributed by atoms with Gasteiger partial charge in [0.05, 0.1) is 26.2 Å². The van der Waals surface area contributed by atoms with Crippen LogP contribution in [0.3, 0.4) is 0 Å². The Bertz CT molecular complexity index is 819. The number of carbonyl (C=O) groups is 2. The quantitative estimate of drug-likeness (QED) is 0.732. The highest BCUT2D eigenvalue weighted by Crippen LogP contribution is 2.29. The van der Waals surface area contributed by atoms with E-state index in [4.69, 9.17) is 9.47 Å². The number of benzene rings is 2. The molecular formula is C20H20F3NO4. The van der Waals surface area contributed by atoms with E-state index in [-0.39, 0.29) is 12.8 Å². The third-order valence-corrected chi connectivity index (χ3v) is 4.04. The van der Waals surface area contributed by atoms with Crippen molar-refractivity contribution in [2.24, 2.45) is 0 Å². The SMILES string of the molecule is COC(=O)[C@@H](Cc1cccc(OC)c1)NC(=O)Cc1ccc(C(F)(F)F)cc1. The molecule has 0 aliphatic carbocycles. The van der Waals surface area contributed by atoms with Crippen LogP contribution in [-0.4, -0.2) is 32.1 Å². The van der Waals surface area contributed by atoms with E-state index in [1.165, 1.54) is 26.4 Å². The number of halogens is 3. The summed E-state index contributed by atoms with van der Waals surface area (Å²) in [6, 6.07) is 10.4. The van der Waals surface area contributed by atoms with Crippen LogP contribution in [0.2, 0.25) is 0 Å². The molecule has 5 nitrogen and oxygen atoms in total. The van der Waals surface area contributed by atoms with Crippen LogP contribution in [0.1, 0.15) is 16.7 Å². The monoisotopic (exact) mass is 395 g/mol. The van der Waals surface area contributed by atoms with Crippen molar-refractivity contribution in [3.05, 3.63) is 65.2 Å². The van der Waals surface area contributed by atoms with Crippen LogP contribution in [0.15, 0.2) is 48.5 Å². The van der Waals surface area contributed by atoms with E-state index >= 15 is 0 Å². The molecule has 2 rings (SSSR count). The Balaban J connectivity index is 2.05. The minimum atomic E-state index is -4.44. The van der Waals surface area contributed by atoms with Crippen LogP contribution in [0.25, 0.3) is 0 Å². The summed E-state index contributed by atoms with van der Waals surface area (Å²) < 4.78 is 47.7. The van der Waals surface area contributed by atoms with Crippen molar-refractivity contribution < 1.29 is 32.2 Å². The maximum Gasteiger partial charge on any atom is 0.416 e. The zero-order valence-corrected chi connectivity index (χ0v) is 15.4. The molecule has 28 heavy (non-hydrogen) atoms. The molecule has 0 aliphatic rings. The van der Waals surface area contributed by atoms with Crippen LogP contribution in [0.4, 0.5) is 13.2 Å². The van der Waals surface area contributed by atoms with Gasteiger partial charge in [-0.25, -0.2) is 4.79 Å². The number of alkyl halides is 3. The predicted molar refractivity (Wildman–Crippen MR) is 95.8 cm³/mol. The van der Waals surface area contributed by atoms with Gasteiger partial charge in [-0.3, -0.25) is 4.79 Å². The second kappa shape index (κ2) is 9.25. The maximum atomic E-state index is 12.6. The third-order valence-electron chi connectivity index (χ3n) is 4.04. The Labute approximate surface area is 160 Å². The number of amides is 1. The van der Waals surface area contributed by atoms with E-state index in [0.717, 1.165) is 17.7 Å². The molecule has 0 saturated heterocycles. The van der Waals surface area contributed by atoms with Crippen molar-refractivity contribution in [3.63, 3.8) is 0 Å². The molecule has 1 amide bonds. The summed E-state index contributed by atoms with van der Waals surface area (Å²) >= 11 is 0. The Hall–Kier alpha value is -3.03. The molecule has 8 heteroatoms. The second-order valence-electron chi connectivity index (χ2n) is 6.07. The van der Waals surface area contributed by atoms with Crippen LogP contribution < -0.4 is 10.1 Å². The maximum absolute atomic E-state index is 12.6. The van der Waals surface area contributed by atoms with E-state index in [2.05, 4.69) is 5.32 Å². The lowest BCUT2D eigenvalue weighted by Gasteiger charge is -2.17. The third kappa shape index (κ3) is 6.00. The van der Waals surface area contributed by atoms with Gasteiger partial charge in [-0.15, -0.1) is 0 Å². The number of rotatable bonds is 7. The minimum Gasteiger partial charge on any atom is -0.497 e. The molecule has 0 spiro atoms. The normalized spacial score (nSPS) is 12.2. The Morgan fingerprint density at radius 1 is 1.04 bits per heavy atom.